The number of hydrogen-bond donors (Lipinski definition) is 1. The zero-order valence-electron chi connectivity index (χ0n) is 13.1. The quantitative estimate of drug-likeness (QED) is 0.868. The molecule has 0 saturated carbocycles. The van der Waals surface area contributed by atoms with Gasteiger partial charge in [-0.25, -0.2) is 0 Å². The van der Waals surface area contributed by atoms with Crippen LogP contribution in [0.1, 0.15) is 45.1 Å². The fourth-order valence-electron chi connectivity index (χ4n) is 2.91. The molecule has 0 fully saturated rings. The topological polar surface area (TPSA) is 38.5 Å². The number of ether oxygens (including phenoxy) is 1. The standard InChI is InChI=1S/C17H28N2O/c1-4-10-19(17(2,3)13-18)12-14-9-11-20-16-8-6-5-7-15(14)16/h5-8,14H,4,9-13,18H2,1-3H3. The van der Waals surface area contributed by atoms with Crippen molar-refractivity contribution in [3.05, 3.63) is 29.8 Å². The first kappa shape index (κ1) is 15.3. The molecule has 3 heteroatoms. The van der Waals surface area contributed by atoms with E-state index in [1.807, 2.05) is 0 Å². The van der Waals surface area contributed by atoms with Gasteiger partial charge in [0.1, 0.15) is 5.75 Å². The summed E-state index contributed by atoms with van der Waals surface area (Å²) in [5.41, 5.74) is 7.38. The summed E-state index contributed by atoms with van der Waals surface area (Å²) in [5, 5.41) is 0. The number of nitrogens with two attached hydrogens (primary N) is 1. The zero-order chi connectivity index (χ0) is 14.6. The average molecular weight is 276 g/mol. The molecular formula is C17H28N2O. The Bertz CT molecular complexity index is 431. The molecule has 20 heavy (non-hydrogen) atoms. The van der Waals surface area contributed by atoms with Crippen LogP contribution in [0.3, 0.4) is 0 Å². The van der Waals surface area contributed by atoms with Gasteiger partial charge in [0.25, 0.3) is 0 Å². The summed E-state index contributed by atoms with van der Waals surface area (Å²) in [6.07, 6.45) is 2.26. The molecule has 112 valence electrons. The third-order valence-electron chi connectivity index (χ3n) is 4.37. The van der Waals surface area contributed by atoms with Crippen molar-refractivity contribution in [2.24, 2.45) is 5.73 Å². The van der Waals surface area contributed by atoms with Crippen molar-refractivity contribution in [3.8, 4) is 5.75 Å². The molecule has 0 radical (unpaired) electrons. The highest BCUT2D eigenvalue weighted by Crippen LogP contribution is 2.34. The second kappa shape index (κ2) is 6.59. The van der Waals surface area contributed by atoms with Crippen LogP contribution in [-0.2, 0) is 0 Å². The van der Waals surface area contributed by atoms with Gasteiger partial charge in [0.15, 0.2) is 0 Å². The molecule has 1 atom stereocenters. The molecule has 1 aromatic carbocycles. The molecule has 0 amide bonds. The average Bonchev–Trinajstić information content (AvgIpc) is 2.47. The summed E-state index contributed by atoms with van der Waals surface area (Å²) in [6.45, 7) is 10.4. The molecule has 1 heterocycles. The first-order valence-electron chi connectivity index (χ1n) is 7.75. The summed E-state index contributed by atoms with van der Waals surface area (Å²) in [5.74, 6) is 1.61. The van der Waals surface area contributed by atoms with Crippen LogP contribution in [0.4, 0.5) is 0 Å². The van der Waals surface area contributed by atoms with E-state index in [1.165, 1.54) is 5.56 Å². The monoisotopic (exact) mass is 276 g/mol. The maximum atomic E-state index is 5.97. The van der Waals surface area contributed by atoms with E-state index >= 15 is 0 Å². The largest absolute Gasteiger partial charge is 0.493 e. The molecular weight excluding hydrogens is 248 g/mol. The van der Waals surface area contributed by atoms with Gasteiger partial charge in [-0.3, -0.25) is 4.90 Å². The van der Waals surface area contributed by atoms with Gasteiger partial charge in [-0.2, -0.15) is 0 Å². The molecule has 0 bridgehead atoms. The fraction of sp³-hybridized carbons (Fsp3) is 0.647. The molecule has 1 aliphatic heterocycles. The van der Waals surface area contributed by atoms with E-state index in [0.717, 1.165) is 38.3 Å². The van der Waals surface area contributed by atoms with Crippen molar-refractivity contribution >= 4 is 0 Å². The number of benzene rings is 1. The zero-order valence-corrected chi connectivity index (χ0v) is 13.1. The molecule has 0 aliphatic carbocycles. The van der Waals surface area contributed by atoms with Crippen molar-refractivity contribution in [3.63, 3.8) is 0 Å². The molecule has 0 spiro atoms. The predicted molar refractivity (Wildman–Crippen MR) is 84.3 cm³/mol. The van der Waals surface area contributed by atoms with Crippen molar-refractivity contribution in [2.75, 3.05) is 26.2 Å². The van der Waals surface area contributed by atoms with Crippen LogP contribution >= 0.6 is 0 Å². The Hall–Kier alpha value is -1.06. The van der Waals surface area contributed by atoms with Gasteiger partial charge in [0.2, 0.25) is 0 Å². The van der Waals surface area contributed by atoms with Crippen molar-refractivity contribution in [1.82, 2.24) is 4.90 Å². The van der Waals surface area contributed by atoms with Crippen LogP contribution in [-0.4, -0.2) is 36.7 Å². The Morgan fingerprint density at radius 3 is 2.80 bits per heavy atom. The van der Waals surface area contributed by atoms with Crippen LogP contribution in [0, 0.1) is 0 Å². The van der Waals surface area contributed by atoms with Gasteiger partial charge in [-0.05, 0) is 44.9 Å². The summed E-state index contributed by atoms with van der Waals surface area (Å²) in [7, 11) is 0. The molecule has 2 N–H and O–H groups in total. The van der Waals surface area contributed by atoms with Crippen LogP contribution < -0.4 is 10.5 Å². The van der Waals surface area contributed by atoms with Crippen molar-refractivity contribution in [2.45, 2.75) is 45.1 Å². The first-order chi connectivity index (χ1) is 9.58. The van der Waals surface area contributed by atoms with Crippen LogP contribution in [0.25, 0.3) is 0 Å². The summed E-state index contributed by atoms with van der Waals surface area (Å²) < 4.78 is 5.76. The summed E-state index contributed by atoms with van der Waals surface area (Å²) >= 11 is 0. The van der Waals surface area contributed by atoms with Gasteiger partial charge >= 0.3 is 0 Å². The lowest BCUT2D eigenvalue weighted by molar-refractivity contribution is 0.108. The van der Waals surface area contributed by atoms with Crippen LogP contribution in [0.15, 0.2) is 24.3 Å². The minimum Gasteiger partial charge on any atom is -0.493 e. The van der Waals surface area contributed by atoms with E-state index in [0.29, 0.717) is 12.5 Å². The van der Waals surface area contributed by atoms with Gasteiger partial charge in [0, 0.05) is 24.5 Å². The van der Waals surface area contributed by atoms with Gasteiger partial charge < -0.3 is 10.5 Å². The highest BCUT2D eigenvalue weighted by atomic mass is 16.5. The van der Waals surface area contributed by atoms with E-state index in [1.54, 1.807) is 0 Å². The first-order valence-corrected chi connectivity index (χ1v) is 7.75. The van der Waals surface area contributed by atoms with Gasteiger partial charge in [-0.1, -0.05) is 25.1 Å². The lowest BCUT2D eigenvalue weighted by Gasteiger charge is -2.41. The Morgan fingerprint density at radius 1 is 1.35 bits per heavy atom. The molecule has 0 saturated heterocycles. The Morgan fingerprint density at radius 2 is 2.10 bits per heavy atom. The molecule has 1 unspecified atom stereocenters. The van der Waals surface area contributed by atoms with Crippen molar-refractivity contribution in [1.29, 1.82) is 0 Å². The summed E-state index contributed by atoms with van der Waals surface area (Å²) in [4.78, 5) is 2.54. The second-order valence-corrected chi connectivity index (χ2v) is 6.33. The lowest BCUT2D eigenvalue weighted by Crippen LogP contribution is -2.51. The third-order valence-corrected chi connectivity index (χ3v) is 4.37. The van der Waals surface area contributed by atoms with E-state index in [9.17, 15) is 0 Å². The second-order valence-electron chi connectivity index (χ2n) is 6.33. The number of rotatable bonds is 6. The minimum absolute atomic E-state index is 0.0588. The smallest absolute Gasteiger partial charge is 0.122 e. The van der Waals surface area contributed by atoms with Crippen molar-refractivity contribution < 1.29 is 4.74 Å². The molecule has 2 rings (SSSR count). The maximum Gasteiger partial charge on any atom is 0.122 e. The normalized spacial score (nSPS) is 18.8. The van der Waals surface area contributed by atoms with E-state index in [-0.39, 0.29) is 5.54 Å². The Balaban J connectivity index is 2.16. The SMILES string of the molecule is CCCN(CC1CCOc2ccccc21)C(C)(C)CN. The molecule has 3 nitrogen and oxygen atoms in total. The number of fused-ring (bicyclic) bond motifs is 1. The Kier molecular flexibility index (Phi) is 5.06. The Labute approximate surface area is 123 Å². The maximum absolute atomic E-state index is 5.97. The van der Waals surface area contributed by atoms with E-state index in [4.69, 9.17) is 10.5 Å². The van der Waals surface area contributed by atoms with Gasteiger partial charge in [-0.15, -0.1) is 0 Å². The van der Waals surface area contributed by atoms with Crippen LogP contribution in [0.2, 0.25) is 0 Å². The van der Waals surface area contributed by atoms with Gasteiger partial charge in [0.05, 0.1) is 6.61 Å². The third kappa shape index (κ3) is 3.33. The number of nitrogens with zero attached hydrogens (tertiary/aromatic N) is 1. The highest BCUT2D eigenvalue weighted by Gasteiger charge is 2.29. The number of hydrogen-bond acceptors (Lipinski definition) is 3. The lowest BCUT2D eigenvalue weighted by atomic mass is 9.90. The predicted octanol–water partition coefficient (Wildman–Crippen LogP) is 3.00. The fourth-order valence-corrected chi connectivity index (χ4v) is 2.91. The molecule has 0 aromatic heterocycles. The van der Waals surface area contributed by atoms with E-state index < -0.39 is 0 Å². The van der Waals surface area contributed by atoms with Crippen LogP contribution in [0.5, 0.6) is 5.75 Å². The highest BCUT2D eigenvalue weighted by molar-refractivity contribution is 5.38. The molecule has 1 aromatic rings. The molecule has 1 aliphatic rings. The number of para-hydroxylation sites is 1. The van der Waals surface area contributed by atoms with E-state index in [2.05, 4.69) is 49.9 Å². The summed E-state index contributed by atoms with van der Waals surface area (Å²) in [6, 6.07) is 8.45. The minimum atomic E-state index is 0.0588.